The molecular weight excluding hydrogens is 192 g/mol. The first-order valence-corrected chi connectivity index (χ1v) is 3.98. The summed E-state index contributed by atoms with van der Waals surface area (Å²) in [5.41, 5.74) is 3.53. The van der Waals surface area contributed by atoms with E-state index in [0.29, 0.717) is 6.07 Å². The summed E-state index contributed by atoms with van der Waals surface area (Å²) in [4.78, 5) is 10.2. The minimum absolute atomic E-state index is 0.0793. The van der Waals surface area contributed by atoms with E-state index in [9.17, 15) is 18.7 Å². The van der Waals surface area contributed by atoms with E-state index < -0.39 is 23.6 Å². The van der Waals surface area contributed by atoms with Crippen molar-refractivity contribution < 1.29 is 24.4 Å². The minimum atomic E-state index is -1.31. The summed E-state index contributed by atoms with van der Waals surface area (Å²) < 4.78 is 25.5. The van der Waals surface area contributed by atoms with E-state index in [1.807, 2.05) is 0 Å². The maximum atomic E-state index is 13.1. The van der Waals surface area contributed by atoms with Gasteiger partial charge in [-0.05, 0) is 12.1 Å². The quantitative estimate of drug-likeness (QED) is 0.708. The standard InChI is InChI=1S/C9H9F2NO2/c10-5-1-2-6(7(11)3-5)8(12)4-9(13)14/h1-3,8H,4,12H2,(H,13,14)/t8-/m0/s1. The Kier molecular flexibility index (Phi) is 3.14. The Hall–Kier alpha value is -1.49. The third kappa shape index (κ3) is 2.50. The average molecular weight is 201 g/mol. The molecular formula is C9H9F2NO2. The van der Waals surface area contributed by atoms with E-state index in [2.05, 4.69) is 5.73 Å². The molecule has 0 aliphatic carbocycles. The second-order valence-electron chi connectivity index (χ2n) is 2.94. The Morgan fingerprint density at radius 2 is 2.14 bits per heavy atom. The summed E-state index contributed by atoms with van der Waals surface area (Å²) in [5, 5.41) is 10.2. The van der Waals surface area contributed by atoms with Gasteiger partial charge in [0.25, 0.3) is 0 Å². The molecule has 0 spiro atoms. The highest BCUT2D eigenvalue weighted by Crippen LogP contribution is 2.16. The predicted octanol–water partition coefficient (Wildman–Crippen LogP) is -0.612. The molecule has 0 bridgehead atoms. The summed E-state index contributed by atoms with van der Waals surface area (Å²) in [6.45, 7) is 0. The molecule has 1 atom stereocenters. The van der Waals surface area contributed by atoms with Gasteiger partial charge in [-0.15, -0.1) is 0 Å². The van der Waals surface area contributed by atoms with Crippen molar-refractivity contribution in [2.45, 2.75) is 12.5 Å². The molecule has 3 nitrogen and oxygen atoms in total. The fraction of sp³-hybridized carbons (Fsp3) is 0.222. The van der Waals surface area contributed by atoms with Gasteiger partial charge in [0.2, 0.25) is 0 Å². The molecule has 5 heteroatoms. The molecule has 3 N–H and O–H groups in total. The Balaban J connectivity index is 2.90. The first kappa shape index (κ1) is 10.6. The number of carbonyl (C=O) groups excluding carboxylic acids is 1. The summed E-state index contributed by atoms with van der Waals surface area (Å²) in [5.74, 6) is -2.80. The Morgan fingerprint density at radius 3 is 2.64 bits per heavy atom. The summed E-state index contributed by atoms with van der Waals surface area (Å²) in [6.07, 6.45) is -0.386. The van der Waals surface area contributed by atoms with Crippen LogP contribution in [0, 0.1) is 11.6 Å². The number of aliphatic carboxylic acids is 1. The molecule has 0 aromatic heterocycles. The zero-order valence-corrected chi connectivity index (χ0v) is 7.30. The van der Waals surface area contributed by atoms with Crippen molar-refractivity contribution in [1.82, 2.24) is 0 Å². The van der Waals surface area contributed by atoms with Crippen molar-refractivity contribution in [2.75, 3.05) is 0 Å². The first-order valence-electron chi connectivity index (χ1n) is 3.98. The highest BCUT2D eigenvalue weighted by Gasteiger charge is 2.15. The SMILES string of the molecule is [NH3+][C@@H](CC(=O)[O-])c1ccc(F)cc1F. The molecule has 0 amide bonds. The molecule has 0 aliphatic heterocycles. The van der Waals surface area contributed by atoms with Crippen molar-refractivity contribution >= 4 is 5.97 Å². The largest absolute Gasteiger partial charge is 0.550 e. The van der Waals surface area contributed by atoms with Gasteiger partial charge in [0.1, 0.15) is 17.7 Å². The lowest BCUT2D eigenvalue weighted by atomic mass is 10.0. The molecule has 1 aromatic rings. The molecule has 0 saturated carbocycles. The lowest BCUT2D eigenvalue weighted by molar-refractivity contribution is -0.431. The topological polar surface area (TPSA) is 67.8 Å². The minimum Gasteiger partial charge on any atom is -0.550 e. The van der Waals surface area contributed by atoms with Gasteiger partial charge in [0.15, 0.2) is 0 Å². The zero-order chi connectivity index (χ0) is 10.7. The van der Waals surface area contributed by atoms with Gasteiger partial charge in [0, 0.05) is 24.0 Å². The molecule has 0 unspecified atom stereocenters. The zero-order valence-electron chi connectivity index (χ0n) is 7.30. The fourth-order valence-corrected chi connectivity index (χ4v) is 1.14. The van der Waals surface area contributed by atoms with E-state index in [4.69, 9.17) is 0 Å². The number of carbonyl (C=O) groups is 1. The lowest BCUT2D eigenvalue weighted by Crippen LogP contribution is -2.55. The fourth-order valence-electron chi connectivity index (χ4n) is 1.14. The molecule has 1 rings (SSSR count). The van der Waals surface area contributed by atoms with Gasteiger partial charge in [-0.2, -0.15) is 0 Å². The maximum absolute atomic E-state index is 13.1. The number of carboxylic acid groups (broad SMARTS) is 1. The maximum Gasteiger partial charge on any atom is 0.135 e. The summed E-state index contributed by atoms with van der Waals surface area (Å²) in [6, 6.07) is 2.18. The number of hydrogen-bond acceptors (Lipinski definition) is 2. The van der Waals surface area contributed by atoms with Crippen LogP contribution in [0.4, 0.5) is 8.78 Å². The molecule has 0 radical (unpaired) electrons. The van der Waals surface area contributed by atoms with E-state index in [-0.39, 0.29) is 12.0 Å². The van der Waals surface area contributed by atoms with Crippen LogP contribution in [0.1, 0.15) is 18.0 Å². The number of benzene rings is 1. The van der Waals surface area contributed by atoms with Gasteiger partial charge < -0.3 is 15.6 Å². The van der Waals surface area contributed by atoms with Gasteiger partial charge in [-0.25, -0.2) is 8.78 Å². The third-order valence-corrected chi connectivity index (χ3v) is 1.82. The Bertz CT molecular complexity index is 355. The molecule has 1 aromatic carbocycles. The van der Waals surface area contributed by atoms with Crippen LogP contribution in [0.15, 0.2) is 18.2 Å². The van der Waals surface area contributed by atoms with E-state index in [0.717, 1.165) is 6.07 Å². The molecule has 0 aliphatic rings. The van der Waals surface area contributed by atoms with Crippen LogP contribution in [-0.2, 0) is 4.79 Å². The molecule has 0 fully saturated rings. The number of halogens is 2. The number of carboxylic acids is 1. The molecule has 14 heavy (non-hydrogen) atoms. The number of rotatable bonds is 3. The second-order valence-corrected chi connectivity index (χ2v) is 2.94. The highest BCUT2D eigenvalue weighted by molar-refractivity contribution is 5.65. The smallest absolute Gasteiger partial charge is 0.135 e. The van der Waals surface area contributed by atoms with E-state index in [1.54, 1.807) is 0 Å². The van der Waals surface area contributed by atoms with Crippen molar-refractivity contribution in [3.63, 3.8) is 0 Å². The average Bonchev–Trinajstić information content (AvgIpc) is 2.01. The van der Waals surface area contributed by atoms with Gasteiger partial charge in [0.05, 0.1) is 0 Å². The van der Waals surface area contributed by atoms with Crippen LogP contribution in [0.5, 0.6) is 0 Å². The number of hydrogen-bond donors (Lipinski definition) is 1. The molecule has 76 valence electrons. The highest BCUT2D eigenvalue weighted by atomic mass is 19.1. The first-order chi connectivity index (χ1) is 6.50. The summed E-state index contributed by atoms with van der Waals surface area (Å²) in [7, 11) is 0. The van der Waals surface area contributed by atoms with Crippen LogP contribution in [0.3, 0.4) is 0 Å². The van der Waals surface area contributed by atoms with Crippen molar-refractivity contribution in [1.29, 1.82) is 0 Å². The van der Waals surface area contributed by atoms with Crippen LogP contribution in [0.25, 0.3) is 0 Å². The van der Waals surface area contributed by atoms with Crippen molar-refractivity contribution in [3.8, 4) is 0 Å². The normalized spacial score (nSPS) is 12.5. The Labute approximate surface area is 79.2 Å². The van der Waals surface area contributed by atoms with Gasteiger partial charge in [-0.1, -0.05) is 0 Å². The molecule has 0 saturated heterocycles. The van der Waals surface area contributed by atoms with E-state index >= 15 is 0 Å². The van der Waals surface area contributed by atoms with Gasteiger partial charge in [-0.3, -0.25) is 0 Å². The number of quaternary nitrogens is 1. The van der Waals surface area contributed by atoms with Crippen LogP contribution >= 0.6 is 0 Å². The predicted molar refractivity (Wildman–Crippen MR) is 41.6 cm³/mol. The van der Waals surface area contributed by atoms with Crippen LogP contribution in [-0.4, -0.2) is 5.97 Å². The summed E-state index contributed by atoms with van der Waals surface area (Å²) >= 11 is 0. The lowest BCUT2D eigenvalue weighted by Gasteiger charge is -2.10. The Morgan fingerprint density at radius 1 is 1.50 bits per heavy atom. The van der Waals surface area contributed by atoms with Crippen molar-refractivity contribution in [3.05, 3.63) is 35.4 Å². The van der Waals surface area contributed by atoms with E-state index in [1.165, 1.54) is 6.07 Å². The van der Waals surface area contributed by atoms with Crippen LogP contribution in [0.2, 0.25) is 0 Å². The molecule has 0 heterocycles. The monoisotopic (exact) mass is 201 g/mol. The van der Waals surface area contributed by atoms with Gasteiger partial charge >= 0.3 is 0 Å². The second kappa shape index (κ2) is 4.15. The van der Waals surface area contributed by atoms with Crippen molar-refractivity contribution in [2.24, 2.45) is 0 Å². The van der Waals surface area contributed by atoms with Crippen LogP contribution < -0.4 is 10.8 Å². The third-order valence-electron chi connectivity index (χ3n) is 1.82.